The summed E-state index contributed by atoms with van der Waals surface area (Å²) in [6.45, 7) is 6.55. The van der Waals surface area contributed by atoms with Gasteiger partial charge in [-0.15, -0.1) is 0 Å². The number of aliphatic hydroxyl groups excluding tert-OH is 1. The monoisotopic (exact) mass is 359 g/mol. The normalized spacial score (nSPS) is 18.8. The number of nitrogens with zero attached hydrogens (tertiary/aromatic N) is 1. The van der Waals surface area contributed by atoms with Gasteiger partial charge in [-0.2, -0.15) is 0 Å². The number of likely N-dealkylation sites (tertiary alicyclic amines) is 1. The molecular weight excluding hydrogens is 330 g/mol. The molecule has 2 atom stereocenters. The minimum Gasteiger partial charge on any atom is -0.481 e. The van der Waals surface area contributed by atoms with Crippen LogP contribution in [0.3, 0.4) is 0 Å². The minimum atomic E-state index is -0.781. The van der Waals surface area contributed by atoms with E-state index in [1.54, 1.807) is 0 Å². The molecule has 1 amide bonds. The third-order valence-electron chi connectivity index (χ3n) is 4.75. The second-order valence-electron chi connectivity index (χ2n) is 7.96. The molecule has 2 rings (SSSR count). The van der Waals surface area contributed by atoms with E-state index < -0.39 is 12.1 Å². The van der Waals surface area contributed by atoms with E-state index in [0.29, 0.717) is 25.8 Å². The minimum absolute atomic E-state index is 0.0759. The average Bonchev–Trinajstić information content (AvgIpc) is 2.57. The number of benzene rings is 1. The van der Waals surface area contributed by atoms with Crippen LogP contribution in [0.4, 0.5) is 0 Å². The highest BCUT2D eigenvalue weighted by Crippen LogP contribution is 2.36. The number of carboxylic acids is 1. The summed E-state index contributed by atoms with van der Waals surface area (Å²) in [6, 6.07) is 7.93. The van der Waals surface area contributed by atoms with E-state index in [0.717, 1.165) is 11.1 Å². The molecule has 1 fully saturated rings. The number of β-lactam (4-membered cyclic amide) rings is 1. The van der Waals surface area contributed by atoms with Crippen molar-refractivity contribution >= 4 is 11.9 Å². The molecule has 0 spiro atoms. The van der Waals surface area contributed by atoms with Crippen LogP contribution in [-0.2, 0) is 9.59 Å². The van der Waals surface area contributed by atoms with E-state index in [4.69, 9.17) is 5.11 Å². The predicted molar refractivity (Wildman–Crippen MR) is 101 cm³/mol. The van der Waals surface area contributed by atoms with Gasteiger partial charge >= 0.3 is 5.97 Å². The van der Waals surface area contributed by atoms with Crippen LogP contribution >= 0.6 is 0 Å². The first-order valence-corrected chi connectivity index (χ1v) is 9.14. The summed E-state index contributed by atoms with van der Waals surface area (Å²) in [6.07, 6.45) is 5.34. The molecule has 1 heterocycles. The van der Waals surface area contributed by atoms with Crippen LogP contribution in [0.5, 0.6) is 0 Å². The zero-order valence-electron chi connectivity index (χ0n) is 15.8. The summed E-state index contributed by atoms with van der Waals surface area (Å²) < 4.78 is 0. The second kappa shape index (κ2) is 8.49. The van der Waals surface area contributed by atoms with Gasteiger partial charge in [0.15, 0.2) is 0 Å². The van der Waals surface area contributed by atoms with Gasteiger partial charge in [-0.05, 0) is 29.4 Å². The van der Waals surface area contributed by atoms with Crippen molar-refractivity contribution in [3.8, 4) is 0 Å². The van der Waals surface area contributed by atoms with Crippen molar-refractivity contribution in [2.24, 2.45) is 5.41 Å². The highest BCUT2D eigenvalue weighted by Gasteiger charge is 2.36. The molecule has 26 heavy (non-hydrogen) atoms. The number of hydrogen-bond acceptors (Lipinski definition) is 3. The number of unbranched alkanes of at least 4 members (excludes halogenated alkanes) is 1. The molecule has 1 aromatic rings. The molecule has 1 aliphatic heterocycles. The fourth-order valence-electron chi connectivity index (χ4n) is 3.06. The molecule has 0 aliphatic carbocycles. The zero-order chi connectivity index (χ0) is 19.3. The number of carbonyl (C=O) groups is 2. The van der Waals surface area contributed by atoms with Gasteiger partial charge in [0.25, 0.3) is 0 Å². The highest BCUT2D eigenvalue weighted by molar-refractivity contribution is 5.83. The summed E-state index contributed by atoms with van der Waals surface area (Å²) in [5.74, 6) is -0.652. The van der Waals surface area contributed by atoms with Crippen molar-refractivity contribution in [2.75, 3.05) is 6.54 Å². The molecule has 0 saturated carbocycles. The Morgan fingerprint density at radius 3 is 2.46 bits per heavy atom. The van der Waals surface area contributed by atoms with Crippen LogP contribution in [0.2, 0.25) is 0 Å². The van der Waals surface area contributed by atoms with Crippen LogP contribution < -0.4 is 0 Å². The predicted octanol–water partition coefficient (Wildman–Crippen LogP) is 3.85. The van der Waals surface area contributed by atoms with Crippen molar-refractivity contribution < 1.29 is 19.8 Å². The van der Waals surface area contributed by atoms with Crippen molar-refractivity contribution in [2.45, 2.75) is 58.6 Å². The summed E-state index contributed by atoms with van der Waals surface area (Å²) in [4.78, 5) is 24.2. The summed E-state index contributed by atoms with van der Waals surface area (Å²) in [5.41, 5.74) is 1.75. The fourth-order valence-corrected chi connectivity index (χ4v) is 3.06. The van der Waals surface area contributed by atoms with Crippen molar-refractivity contribution in [1.29, 1.82) is 0 Å². The molecule has 0 radical (unpaired) electrons. The third-order valence-corrected chi connectivity index (χ3v) is 4.75. The molecular formula is C21H29NO4. The van der Waals surface area contributed by atoms with Gasteiger partial charge in [0, 0.05) is 13.0 Å². The number of rotatable bonds is 8. The molecule has 1 unspecified atom stereocenters. The second-order valence-corrected chi connectivity index (χ2v) is 7.96. The highest BCUT2D eigenvalue weighted by atomic mass is 16.4. The topological polar surface area (TPSA) is 77.8 Å². The van der Waals surface area contributed by atoms with Crippen molar-refractivity contribution in [3.63, 3.8) is 0 Å². The lowest BCUT2D eigenvalue weighted by Gasteiger charge is -2.40. The first-order chi connectivity index (χ1) is 12.2. The van der Waals surface area contributed by atoms with Gasteiger partial charge in [-0.3, -0.25) is 9.59 Å². The Hall–Kier alpha value is -2.14. The number of carbonyl (C=O) groups excluding carboxylic acids is 1. The number of hydrogen-bond donors (Lipinski definition) is 2. The molecule has 1 aromatic carbocycles. The number of carboxylic acid groups (broad SMARTS) is 1. The molecule has 1 aliphatic rings. The van der Waals surface area contributed by atoms with Gasteiger partial charge in [-0.25, -0.2) is 0 Å². The number of allylic oxidation sites excluding steroid dienone is 1. The van der Waals surface area contributed by atoms with Crippen LogP contribution in [-0.4, -0.2) is 33.5 Å². The molecule has 1 saturated heterocycles. The Labute approximate surface area is 155 Å². The first-order valence-electron chi connectivity index (χ1n) is 9.14. The molecule has 142 valence electrons. The van der Waals surface area contributed by atoms with Crippen LogP contribution in [0.1, 0.15) is 69.7 Å². The van der Waals surface area contributed by atoms with E-state index >= 15 is 0 Å². The summed E-state index contributed by atoms with van der Waals surface area (Å²) >= 11 is 0. The number of aliphatic hydroxyl groups is 1. The molecule has 5 nitrogen and oxygen atoms in total. The largest absolute Gasteiger partial charge is 0.481 e. The van der Waals surface area contributed by atoms with E-state index in [2.05, 4.69) is 0 Å². The van der Waals surface area contributed by atoms with Crippen LogP contribution in [0, 0.1) is 5.41 Å². The number of amides is 1. The molecule has 5 heteroatoms. The van der Waals surface area contributed by atoms with E-state index in [9.17, 15) is 14.7 Å². The molecule has 0 bridgehead atoms. The Balaban J connectivity index is 1.91. The molecule has 0 aromatic heterocycles. The average molecular weight is 359 g/mol. The van der Waals surface area contributed by atoms with E-state index in [1.165, 1.54) is 0 Å². The van der Waals surface area contributed by atoms with Gasteiger partial charge in [0.05, 0.1) is 18.6 Å². The standard InChI is InChI=1S/C21H29NO4/c1-21(2,3)20(26)16-11-9-15(10-12-16)17-14-18(23)22(17)13-7-5-4-6-8-19(24)25/h5,7,9-12,17,20,26H,4,6,8,13-14H2,1-3H3,(H,24,25)/t17-,20?/m1/s1. The summed E-state index contributed by atoms with van der Waals surface area (Å²) in [7, 11) is 0. The SMILES string of the molecule is CC(C)(C)C(O)c1ccc([C@H]2CC(=O)N2CC=CCCCC(=O)O)cc1. The maximum atomic E-state index is 11.9. The lowest BCUT2D eigenvalue weighted by atomic mass is 9.84. The van der Waals surface area contributed by atoms with Crippen LogP contribution in [0.15, 0.2) is 36.4 Å². The Bertz CT molecular complexity index is 658. The summed E-state index contributed by atoms with van der Waals surface area (Å²) in [5, 5.41) is 19.0. The zero-order valence-corrected chi connectivity index (χ0v) is 15.8. The quantitative estimate of drug-likeness (QED) is 0.420. The van der Waals surface area contributed by atoms with Crippen molar-refractivity contribution in [1.82, 2.24) is 4.90 Å². The number of aliphatic carboxylic acids is 1. The smallest absolute Gasteiger partial charge is 0.303 e. The van der Waals surface area contributed by atoms with Gasteiger partial charge in [0.1, 0.15) is 0 Å². The van der Waals surface area contributed by atoms with Crippen LogP contribution in [0.25, 0.3) is 0 Å². The van der Waals surface area contributed by atoms with Gasteiger partial charge in [-0.1, -0.05) is 57.2 Å². The van der Waals surface area contributed by atoms with Gasteiger partial charge in [0.2, 0.25) is 5.91 Å². The Morgan fingerprint density at radius 1 is 1.27 bits per heavy atom. The van der Waals surface area contributed by atoms with Gasteiger partial charge < -0.3 is 15.1 Å². The Kier molecular flexibility index (Phi) is 6.59. The lowest BCUT2D eigenvalue weighted by molar-refractivity contribution is -0.145. The third kappa shape index (κ3) is 5.18. The van der Waals surface area contributed by atoms with Crippen molar-refractivity contribution in [3.05, 3.63) is 47.5 Å². The fraction of sp³-hybridized carbons (Fsp3) is 0.524. The maximum Gasteiger partial charge on any atom is 0.303 e. The Morgan fingerprint density at radius 2 is 1.92 bits per heavy atom. The lowest BCUT2D eigenvalue weighted by Crippen LogP contribution is -2.46. The first kappa shape index (κ1) is 20.2. The molecule has 2 N–H and O–H groups in total. The van der Waals surface area contributed by atoms with E-state index in [-0.39, 0.29) is 23.8 Å². The van der Waals surface area contributed by atoms with E-state index in [1.807, 2.05) is 62.1 Å². The maximum absolute atomic E-state index is 11.9.